The van der Waals surface area contributed by atoms with E-state index in [-0.39, 0.29) is 31.3 Å². The lowest BCUT2D eigenvalue weighted by atomic mass is 9.82. The summed E-state index contributed by atoms with van der Waals surface area (Å²) in [4.78, 5) is 19.5. The van der Waals surface area contributed by atoms with Crippen LogP contribution in [0, 0.1) is 5.82 Å². The maximum absolute atomic E-state index is 14.4. The van der Waals surface area contributed by atoms with Gasteiger partial charge in [0.1, 0.15) is 17.3 Å². The van der Waals surface area contributed by atoms with Crippen LogP contribution in [0.1, 0.15) is 34.8 Å². The van der Waals surface area contributed by atoms with E-state index in [0.717, 1.165) is 15.6 Å². The van der Waals surface area contributed by atoms with Gasteiger partial charge in [-0.1, -0.05) is 64.5 Å². The molecule has 9 heteroatoms. The van der Waals surface area contributed by atoms with Crippen molar-refractivity contribution >= 4 is 27.7 Å². The third kappa shape index (κ3) is 7.11. The molecule has 0 aromatic heterocycles. The molecule has 2 atom stereocenters. The average Bonchev–Trinajstić information content (AvgIpc) is 3.44. The third-order valence-electron chi connectivity index (χ3n) is 7.48. The van der Waals surface area contributed by atoms with E-state index in [2.05, 4.69) is 21.2 Å². The van der Waals surface area contributed by atoms with Gasteiger partial charge in [-0.3, -0.25) is 4.79 Å². The molecule has 44 heavy (non-hydrogen) atoms. The largest absolute Gasteiger partial charge is 0.497 e. The Bertz CT molecular complexity index is 1610. The van der Waals surface area contributed by atoms with Gasteiger partial charge in [0, 0.05) is 36.0 Å². The first-order valence-corrected chi connectivity index (χ1v) is 15.2. The van der Waals surface area contributed by atoms with Crippen molar-refractivity contribution in [3.8, 4) is 11.5 Å². The summed E-state index contributed by atoms with van der Waals surface area (Å²) in [6.07, 6.45) is 0.285. The van der Waals surface area contributed by atoms with Gasteiger partial charge in [0.15, 0.2) is 11.6 Å². The van der Waals surface area contributed by atoms with Crippen LogP contribution in [-0.4, -0.2) is 49.3 Å². The molecule has 0 bridgehead atoms. The predicted octanol–water partition coefficient (Wildman–Crippen LogP) is 6.22. The predicted molar refractivity (Wildman–Crippen MR) is 171 cm³/mol. The van der Waals surface area contributed by atoms with Gasteiger partial charge in [-0.05, 0) is 71.6 Å². The highest BCUT2D eigenvalue weighted by Gasteiger charge is 2.53. The number of amides is 1. The summed E-state index contributed by atoms with van der Waals surface area (Å²) in [5.41, 5.74) is 1.40. The van der Waals surface area contributed by atoms with Crippen LogP contribution in [0.5, 0.6) is 11.5 Å². The molecule has 1 aliphatic heterocycles. The van der Waals surface area contributed by atoms with Crippen molar-refractivity contribution in [2.45, 2.75) is 30.9 Å². The Labute approximate surface area is 264 Å². The van der Waals surface area contributed by atoms with Gasteiger partial charge in [0.25, 0.3) is 5.91 Å². The van der Waals surface area contributed by atoms with Crippen molar-refractivity contribution in [1.82, 2.24) is 5.32 Å². The highest BCUT2D eigenvalue weighted by molar-refractivity contribution is 9.10. The Balaban J connectivity index is 1.54. The Morgan fingerprint density at radius 3 is 2.48 bits per heavy atom. The zero-order chi connectivity index (χ0) is 30.9. The van der Waals surface area contributed by atoms with Gasteiger partial charge in [-0.15, -0.1) is 0 Å². The molecule has 0 saturated carbocycles. The van der Waals surface area contributed by atoms with Crippen molar-refractivity contribution in [1.29, 1.82) is 0 Å². The summed E-state index contributed by atoms with van der Waals surface area (Å²) < 4.78 is 33.0. The van der Waals surface area contributed by atoms with E-state index in [1.165, 1.54) is 6.07 Å². The molecule has 7 nitrogen and oxygen atoms in total. The molecule has 0 spiro atoms. The molecule has 0 radical (unpaired) electrons. The quantitative estimate of drug-likeness (QED) is 0.166. The van der Waals surface area contributed by atoms with Crippen LogP contribution in [0.15, 0.2) is 107 Å². The summed E-state index contributed by atoms with van der Waals surface area (Å²) in [6.45, 7) is 0.663. The van der Waals surface area contributed by atoms with Gasteiger partial charge in [-0.25, -0.2) is 9.38 Å². The van der Waals surface area contributed by atoms with E-state index in [1.807, 2.05) is 60.7 Å². The number of methoxy groups -OCH3 is 1. The number of ether oxygens (including phenoxy) is 3. The summed E-state index contributed by atoms with van der Waals surface area (Å²) in [7, 11) is 1.59. The maximum Gasteiger partial charge on any atom is 0.252 e. The van der Waals surface area contributed by atoms with Crippen LogP contribution >= 0.6 is 15.9 Å². The molecular formula is C35H34BrFN2O5. The molecule has 1 heterocycles. The highest BCUT2D eigenvalue weighted by Crippen LogP contribution is 2.44. The summed E-state index contributed by atoms with van der Waals surface area (Å²) in [5.74, 6) is 0.939. The smallest absolute Gasteiger partial charge is 0.252 e. The van der Waals surface area contributed by atoms with Crippen LogP contribution in [0.4, 0.5) is 4.39 Å². The lowest BCUT2D eigenvalue weighted by molar-refractivity contribution is -0.128. The fourth-order valence-electron chi connectivity index (χ4n) is 5.18. The number of halogens is 2. The number of aliphatic hydroxyl groups excluding tert-OH is 1. The van der Waals surface area contributed by atoms with E-state index in [9.17, 15) is 9.18 Å². The van der Waals surface area contributed by atoms with Crippen LogP contribution in [0.2, 0.25) is 0 Å². The lowest BCUT2D eigenvalue weighted by Crippen LogP contribution is -2.50. The van der Waals surface area contributed by atoms with E-state index >= 15 is 0 Å². The monoisotopic (exact) mass is 660 g/mol. The summed E-state index contributed by atoms with van der Waals surface area (Å²) in [5, 5.41) is 12.1. The fourth-order valence-corrected chi connectivity index (χ4v) is 5.61. The molecule has 5 rings (SSSR count). The van der Waals surface area contributed by atoms with Crippen LogP contribution in [0.3, 0.4) is 0 Å². The first kappa shape index (κ1) is 31.2. The van der Waals surface area contributed by atoms with E-state index in [4.69, 9.17) is 24.3 Å². The number of nitrogens with one attached hydrogen (secondary N) is 1. The topological polar surface area (TPSA) is 89.4 Å². The van der Waals surface area contributed by atoms with Gasteiger partial charge in [0.2, 0.25) is 5.90 Å². The van der Waals surface area contributed by atoms with Gasteiger partial charge >= 0.3 is 0 Å². The Morgan fingerprint density at radius 1 is 1.00 bits per heavy atom. The van der Waals surface area contributed by atoms with Crippen LogP contribution in [0.25, 0.3) is 0 Å². The number of carbonyl (C=O) groups is 1. The van der Waals surface area contributed by atoms with Gasteiger partial charge in [-0.2, -0.15) is 0 Å². The molecular weight excluding hydrogens is 627 g/mol. The number of carbonyl (C=O) groups excluding carboxylic acids is 1. The number of rotatable bonds is 13. The Morgan fingerprint density at radius 2 is 1.75 bits per heavy atom. The molecule has 0 saturated heterocycles. The minimum absolute atomic E-state index is 0.0519. The second-order valence-electron chi connectivity index (χ2n) is 10.4. The molecule has 2 N–H and O–H groups in total. The molecule has 4 aromatic carbocycles. The van der Waals surface area contributed by atoms with Gasteiger partial charge in [0.05, 0.1) is 13.7 Å². The minimum atomic E-state index is -1.41. The fraction of sp³-hybridized carbons (Fsp3) is 0.257. The number of aliphatic imine (C=N–C) groups is 1. The molecule has 228 valence electrons. The molecule has 4 aromatic rings. The second-order valence-corrected chi connectivity index (χ2v) is 11.3. The zero-order valence-electron chi connectivity index (χ0n) is 24.3. The number of hydrogen-bond acceptors (Lipinski definition) is 6. The normalized spacial score (nSPS) is 17.5. The number of benzene rings is 4. The minimum Gasteiger partial charge on any atom is -0.497 e. The average molecular weight is 662 g/mol. The Kier molecular flexibility index (Phi) is 10.3. The van der Waals surface area contributed by atoms with Crippen molar-refractivity contribution in [2.24, 2.45) is 4.99 Å². The SMILES string of the molecule is COc1cccc([C@H]2OC(c3ccc(OCCCO)cc3)=N[C@@]2(Cc2ccccc2Br)C(=O)NCCc2ccccc2F)c1. The summed E-state index contributed by atoms with van der Waals surface area (Å²) in [6, 6.07) is 29.0. The van der Waals surface area contributed by atoms with Crippen LogP contribution < -0.4 is 14.8 Å². The van der Waals surface area contributed by atoms with E-state index < -0.39 is 11.6 Å². The van der Waals surface area contributed by atoms with Crippen molar-refractivity contribution in [3.05, 3.63) is 130 Å². The molecule has 0 aliphatic carbocycles. The maximum atomic E-state index is 14.4. The Hall–Kier alpha value is -4.21. The molecule has 0 unspecified atom stereocenters. The van der Waals surface area contributed by atoms with Crippen molar-refractivity contribution in [3.63, 3.8) is 0 Å². The van der Waals surface area contributed by atoms with Crippen molar-refractivity contribution < 1.29 is 28.5 Å². The summed E-state index contributed by atoms with van der Waals surface area (Å²) >= 11 is 3.65. The number of aliphatic hydroxyl groups is 1. The number of hydrogen-bond donors (Lipinski definition) is 2. The molecule has 1 amide bonds. The van der Waals surface area contributed by atoms with Crippen LogP contribution in [-0.2, 0) is 22.4 Å². The first-order chi connectivity index (χ1) is 21.4. The van der Waals surface area contributed by atoms with E-state index in [1.54, 1.807) is 37.4 Å². The lowest BCUT2D eigenvalue weighted by Gasteiger charge is -2.31. The highest BCUT2D eigenvalue weighted by atomic mass is 79.9. The van der Waals surface area contributed by atoms with Crippen molar-refractivity contribution in [2.75, 3.05) is 26.9 Å². The molecule has 0 fully saturated rings. The number of nitrogens with zero attached hydrogens (tertiary/aromatic N) is 1. The standard InChI is InChI=1S/C35H34BrFN2O5/c1-42-29-11-6-10-26(22-29)32-35(23-27-9-2-4-12-30(27)36,34(41)38-19-18-24-8-3-5-13-31(24)37)39-33(44-32)25-14-16-28(17-15-25)43-21-7-20-40/h2-6,8-17,22,32,40H,7,18-21,23H2,1H3,(H,38,41)/t32-,35-/m1/s1. The molecule has 1 aliphatic rings. The second kappa shape index (κ2) is 14.5. The van der Waals surface area contributed by atoms with E-state index in [0.29, 0.717) is 48.0 Å². The van der Waals surface area contributed by atoms with Gasteiger partial charge < -0.3 is 24.6 Å². The first-order valence-electron chi connectivity index (χ1n) is 14.4. The zero-order valence-corrected chi connectivity index (χ0v) is 25.9. The third-order valence-corrected chi connectivity index (χ3v) is 8.26.